The Balaban J connectivity index is 1.16. The molecule has 4 heterocycles. The molecular weight excluding hydrogens is 460 g/mol. The number of carbonyl (C=O) groups is 2. The number of fused-ring (bicyclic) bond motifs is 1. The summed E-state index contributed by atoms with van der Waals surface area (Å²) in [6.07, 6.45) is 4.76. The van der Waals surface area contributed by atoms with Gasteiger partial charge in [-0.05, 0) is 54.7 Å². The molecule has 1 aromatic carbocycles. The molecule has 5 rings (SSSR count). The Morgan fingerprint density at radius 3 is 2.59 bits per heavy atom. The van der Waals surface area contributed by atoms with Crippen molar-refractivity contribution in [1.29, 1.82) is 0 Å². The van der Waals surface area contributed by atoms with Crippen LogP contribution in [0.2, 0.25) is 0 Å². The highest BCUT2D eigenvalue weighted by Crippen LogP contribution is 2.33. The number of pyridine rings is 1. The minimum absolute atomic E-state index is 0.0222. The van der Waals surface area contributed by atoms with Gasteiger partial charge in [-0.15, -0.1) is 11.3 Å². The number of halogens is 2. The van der Waals surface area contributed by atoms with Gasteiger partial charge in [0.2, 0.25) is 0 Å². The van der Waals surface area contributed by atoms with Gasteiger partial charge in [0.05, 0.1) is 4.88 Å². The number of benzene rings is 1. The Morgan fingerprint density at radius 2 is 1.82 bits per heavy atom. The molecule has 3 aromatic heterocycles. The number of aromatic nitrogens is 3. The maximum Gasteiger partial charge on any atom is 0.261 e. The number of nitrogens with zero attached hydrogens (tertiary/aromatic N) is 4. The lowest BCUT2D eigenvalue weighted by molar-refractivity contribution is 0.0712. The molecule has 1 fully saturated rings. The molecule has 10 heteroatoms. The Hall–Kier alpha value is -3.66. The summed E-state index contributed by atoms with van der Waals surface area (Å²) in [5.74, 6) is -1.81. The molecule has 4 aromatic rings. The Morgan fingerprint density at radius 1 is 1.06 bits per heavy atom. The molecule has 7 nitrogen and oxygen atoms in total. The lowest BCUT2D eigenvalue weighted by Crippen LogP contribution is -2.37. The highest BCUT2D eigenvalue weighted by molar-refractivity contribution is 7.14. The summed E-state index contributed by atoms with van der Waals surface area (Å²) in [5.41, 5.74) is 1.68. The Bertz CT molecular complexity index is 1340. The summed E-state index contributed by atoms with van der Waals surface area (Å²) in [5, 5.41) is 7.03. The molecule has 1 aliphatic rings. The van der Waals surface area contributed by atoms with Crippen LogP contribution in [0, 0.1) is 11.6 Å². The average Bonchev–Trinajstić information content (AvgIpc) is 3.51. The van der Waals surface area contributed by atoms with Gasteiger partial charge in [0.1, 0.15) is 18.0 Å². The number of piperidine rings is 1. The van der Waals surface area contributed by atoms with E-state index in [9.17, 15) is 18.4 Å². The van der Waals surface area contributed by atoms with Gasteiger partial charge in [-0.2, -0.15) is 5.10 Å². The summed E-state index contributed by atoms with van der Waals surface area (Å²) >= 11 is 1.45. The van der Waals surface area contributed by atoms with Crippen molar-refractivity contribution >= 4 is 28.8 Å². The standard InChI is InChI=1S/C24H21F2N5O2S/c25-18-9-17(10-19(26)11-18)24(33)30-7-5-16(6-8-30)20-2-3-21(34-20)23(32)27-12-15-1-4-22-28-14-29-31(22)13-15/h1-4,9-11,13-14,16H,5-8,12H2,(H,27,32). The highest BCUT2D eigenvalue weighted by Gasteiger charge is 2.26. The van der Waals surface area contributed by atoms with Gasteiger partial charge in [-0.25, -0.2) is 18.3 Å². The minimum atomic E-state index is -0.762. The fourth-order valence-corrected chi connectivity index (χ4v) is 5.25. The molecular formula is C24H21F2N5O2S. The van der Waals surface area contributed by atoms with Crippen molar-refractivity contribution in [3.05, 3.63) is 87.5 Å². The predicted molar refractivity (Wildman–Crippen MR) is 123 cm³/mol. The first-order valence-electron chi connectivity index (χ1n) is 10.9. The molecule has 1 saturated heterocycles. The zero-order valence-corrected chi connectivity index (χ0v) is 18.9. The number of nitrogens with one attached hydrogen (secondary N) is 1. The van der Waals surface area contributed by atoms with E-state index in [0.29, 0.717) is 24.5 Å². The van der Waals surface area contributed by atoms with Crippen molar-refractivity contribution in [2.45, 2.75) is 25.3 Å². The maximum absolute atomic E-state index is 13.5. The quantitative estimate of drug-likeness (QED) is 0.467. The van der Waals surface area contributed by atoms with Crippen LogP contribution in [-0.4, -0.2) is 44.4 Å². The van der Waals surface area contributed by atoms with Crippen molar-refractivity contribution in [2.24, 2.45) is 0 Å². The summed E-state index contributed by atoms with van der Waals surface area (Å²) in [6.45, 7) is 1.36. The van der Waals surface area contributed by atoms with E-state index in [-0.39, 0.29) is 23.3 Å². The van der Waals surface area contributed by atoms with Crippen molar-refractivity contribution in [1.82, 2.24) is 24.8 Å². The lowest BCUT2D eigenvalue weighted by atomic mass is 9.95. The van der Waals surface area contributed by atoms with Crippen LogP contribution < -0.4 is 5.32 Å². The van der Waals surface area contributed by atoms with Crippen molar-refractivity contribution in [3.8, 4) is 0 Å². The number of likely N-dealkylation sites (tertiary alicyclic amines) is 1. The summed E-state index contributed by atoms with van der Waals surface area (Å²) in [6, 6.07) is 10.4. The second-order valence-corrected chi connectivity index (χ2v) is 9.32. The maximum atomic E-state index is 13.5. The topological polar surface area (TPSA) is 79.6 Å². The first-order valence-corrected chi connectivity index (χ1v) is 11.7. The van der Waals surface area contributed by atoms with E-state index in [1.807, 2.05) is 30.5 Å². The van der Waals surface area contributed by atoms with E-state index >= 15 is 0 Å². The summed E-state index contributed by atoms with van der Waals surface area (Å²) in [7, 11) is 0. The molecule has 0 saturated carbocycles. The largest absolute Gasteiger partial charge is 0.347 e. The molecule has 0 radical (unpaired) electrons. The molecule has 174 valence electrons. The molecule has 0 atom stereocenters. The molecule has 0 spiro atoms. The number of hydrogen-bond donors (Lipinski definition) is 1. The van der Waals surface area contributed by atoms with Crippen LogP contribution in [-0.2, 0) is 6.54 Å². The lowest BCUT2D eigenvalue weighted by Gasteiger charge is -2.31. The fourth-order valence-electron chi connectivity index (χ4n) is 4.15. The number of rotatable bonds is 5. The molecule has 1 aliphatic heterocycles. The van der Waals surface area contributed by atoms with E-state index in [1.54, 1.807) is 9.42 Å². The SMILES string of the molecule is O=C(NCc1ccc2ncnn2c1)c1ccc(C2CCN(C(=O)c3cc(F)cc(F)c3)CC2)s1. The van der Waals surface area contributed by atoms with Crippen LogP contribution in [0.15, 0.2) is 55.0 Å². The minimum Gasteiger partial charge on any atom is -0.347 e. The third-order valence-electron chi connectivity index (χ3n) is 5.93. The molecule has 0 bridgehead atoms. The Labute approximate surface area is 198 Å². The normalized spacial score (nSPS) is 14.5. The van der Waals surface area contributed by atoms with E-state index in [1.165, 1.54) is 17.7 Å². The molecule has 34 heavy (non-hydrogen) atoms. The Kier molecular flexibility index (Phi) is 6.06. The van der Waals surface area contributed by atoms with Gasteiger partial charge in [0.15, 0.2) is 5.65 Å². The molecule has 0 aliphatic carbocycles. The van der Waals surface area contributed by atoms with Crippen LogP contribution in [0.5, 0.6) is 0 Å². The smallest absolute Gasteiger partial charge is 0.261 e. The zero-order chi connectivity index (χ0) is 23.7. The number of hydrogen-bond acceptors (Lipinski definition) is 5. The van der Waals surface area contributed by atoms with Gasteiger partial charge >= 0.3 is 0 Å². The first kappa shape index (κ1) is 22.1. The van der Waals surface area contributed by atoms with Gasteiger partial charge in [-0.3, -0.25) is 9.59 Å². The summed E-state index contributed by atoms with van der Waals surface area (Å²) in [4.78, 5) is 32.7. The van der Waals surface area contributed by atoms with Crippen LogP contribution in [0.3, 0.4) is 0 Å². The first-order chi connectivity index (χ1) is 16.5. The van der Waals surface area contributed by atoms with E-state index in [2.05, 4.69) is 15.4 Å². The third-order valence-corrected chi connectivity index (χ3v) is 7.18. The van der Waals surface area contributed by atoms with E-state index in [0.717, 1.165) is 47.1 Å². The molecule has 0 unspecified atom stereocenters. The van der Waals surface area contributed by atoms with Crippen LogP contribution in [0.4, 0.5) is 8.78 Å². The van der Waals surface area contributed by atoms with E-state index < -0.39 is 11.6 Å². The van der Waals surface area contributed by atoms with Crippen LogP contribution in [0.25, 0.3) is 5.65 Å². The molecule has 2 amide bonds. The monoisotopic (exact) mass is 481 g/mol. The van der Waals surface area contributed by atoms with Crippen molar-refractivity contribution in [3.63, 3.8) is 0 Å². The summed E-state index contributed by atoms with van der Waals surface area (Å²) < 4.78 is 28.6. The van der Waals surface area contributed by atoms with Crippen LogP contribution in [0.1, 0.15) is 49.2 Å². The van der Waals surface area contributed by atoms with Gasteiger partial charge in [0, 0.05) is 42.3 Å². The predicted octanol–water partition coefficient (Wildman–Crippen LogP) is 4.02. The highest BCUT2D eigenvalue weighted by atomic mass is 32.1. The van der Waals surface area contributed by atoms with Gasteiger partial charge < -0.3 is 10.2 Å². The average molecular weight is 482 g/mol. The zero-order valence-electron chi connectivity index (χ0n) is 18.1. The second kappa shape index (κ2) is 9.30. The van der Waals surface area contributed by atoms with E-state index in [4.69, 9.17) is 0 Å². The van der Waals surface area contributed by atoms with Crippen LogP contribution >= 0.6 is 11.3 Å². The van der Waals surface area contributed by atoms with Crippen molar-refractivity contribution < 1.29 is 18.4 Å². The fraction of sp³-hybridized carbons (Fsp3) is 0.250. The third kappa shape index (κ3) is 4.67. The number of carbonyl (C=O) groups excluding carboxylic acids is 2. The molecule has 1 N–H and O–H groups in total. The second-order valence-electron chi connectivity index (χ2n) is 8.21. The van der Waals surface area contributed by atoms with Gasteiger partial charge in [-0.1, -0.05) is 6.07 Å². The van der Waals surface area contributed by atoms with Gasteiger partial charge in [0.25, 0.3) is 11.8 Å². The van der Waals surface area contributed by atoms with Crippen molar-refractivity contribution in [2.75, 3.05) is 13.1 Å². The number of thiophene rings is 1. The number of amides is 2.